The molecule has 1 aromatic rings. The molecule has 3 heteroatoms. The molecule has 3 N–H and O–H groups in total. The number of carbonyl (C=O) groups excluding carboxylic acids is 1. The van der Waals surface area contributed by atoms with Crippen molar-refractivity contribution in [2.24, 2.45) is 11.1 Å². The molecule has 3 nitrogen and oxygen atoms in total. The zero-order valence-corrected chi connectivity index (χ0v) is 12.8. The lowest BCUT2D eigenvalue weighted by Gasteiger charge is -2.29. The lowest BCUT2D eigenvalue weighted by molar-refractivity contribution is -0.131. The first kappa shape index (κ1) is 15.0. The van der Waals surface area contributed by atoms with E-state index in [0.717, 1.165) is 25.7 Å². The maximum Gasteiger partial charge on any atom is 0.227 e. The molecule has 1 aliphatic rings. The van der Waals surface area contributed by atoms with E-state index >= 15 is 0 Å². The van der Waals surface area contributed by atoms with Gasteiger partial charge in [-0.25, -0.2) is 0 Å². The number of hydrogen-bond donors (Lipinski definition) is 2. The second kappa shape index (κ2) is 5.96. The first-order chi connectivity index (χ1) is 9.43. The van der Waals surface area contributed by atoms with E-state index in [0.29, 0.717) is 0 Å². The molecule has 0 heterocycles. The highest BCUT2D eigenvalue weighted by Gasteiger charge is 2.43. The van der Waals surface area contributed by atoms with Crippen LogP contribution in [-0.4, -0.2) is 18.0 Å². The number of rotatable bonds is 4. The molecule has 0 saturated heterocycles. The molecule has 20 heavy (non-hydrogen) atoms. The Kier molecular flexibility index (Phi) is 4.48. The van der Waals surface area contributed by atoms with Gasteiger partial charge in [-0.05, 0) is 51.2 Å². The van der Waals surface area contributed by atoms with E-state index in [1.807, 2.05) is 19.1 Å². The number of hydrogen-bond acceptors (Lipinski definition) is 2. The maximum atomic E-state index is 12.5. The van der Waals surface area contributed by atoms with Crippen molar-refractivity contribution < 1.29 is 4.79 Å². The molecule has 0 bridgehead atoms. The molecular formula is C17H26N2O. The van der Waals surface area contributed by atoms with Crippen molar-refractivity contribution in [2.45, 2.75) is 58.5 Å². The van der Waals surface area contributed by atoms with Crippen LogP contribution < -0.4 is 11.1 Å². The van der Waals surface area contributed by atoms with Crippen molar-refractivity contribution in [3.8, 4) is 0 Å². The van der Waals surface area contributed by atoms with Crippen LogP contribution in [0.25, 0.3) is 0 Å². The Morgan fingerprint density at radius 3 is 2.80 bits per heavy atom. The molecule has 0 radical (unpaired) electrons. The Bertz CT molecular complexity index is 486. The van der Waals surface area contributed by atoms with Crippen LogP contribution in [-0.2, 0) is 11.2 Å². The summed E-state index contributed by atoms with van der Waals surface area (Å²) < 4.78 is 0. The average Bonchev–Trinajstić information content (AvgIpc) is 2.74. The smallest absolute Gasteiger partial charge is 0.227 e. The topological polar surface area (TPSA) is 55.1 Å². The first-order valence-corrected chi connectivity index (χ1v) is 7.54. The quantitative estimate of drug-likeness (QED) is 0.886. The average molecular weight is 274 g/mol. The fourth-order valence-electron chi connectivity index (χ4n) is 3.08. The Morgan fingerprint density at radius 1 is 1.50 bits per heavy atom. The van der Waals surface area contributed by atoms with Crippen LogP contribution >= 0.6 is 0 Å². The van der Waals surface area contributed by atoms with Crippen LogP contribution in [0.2, 0.25) is 0 Å². The van der Waals surface area contributed by atoms with Crippen molar-refractivity contribution in [1.82, 2.24) is 5.32 Å². The molecule has 0 aromatic heterocycles. The fraction of sp³-hybridized carbons (Fsp3) is 0.588. The lowest BCUT2D eigenvalue weighted by atomic mass is 9.84. The number of benzene rings is 1. The summed E-state index contributed by atoms with van der Waals surface area (Å²) in [6.45, 7) is 6.17. The van der Waals surface area contributed by atoms with Gasteiger partial charge in [0.05, 0.1) is 5.41 Å². The monoisotopic (exact) mass is 274 g/mol. The lowest BCUT2D eigenvalue weighted by Crippen LogP contribution is -2.50. The van der Waals surface area contributed by atoms with Crippen molar-refractivity contribution >= 4 is 5.91 Å². The van der Waals surface area contributed by atoms with Crippen molar-refractivity contribution in [3.63, 3.8) is 0 Å². The standard InChI is InChI=1S/C17H26N2O/c1-12-7-4-5-8-14(12)11-13(2)19-16(20)17(3)10-6-9-15(17)18/h4-5,7-8,13,15H,6,9-11,18H2,1-3H3,(H,19,20). The maximum absolute atomic E-state index is 12.5. The zero-order chi connectivity index (χ0) is 14.8. The highest BCUT2D eigenvalue weighted by molar-refractivity contribution is 5.83. The molecule has 3 unspecified atom stereocenters. The normalized spacial score (nSPS) is 27.3. The minimum atomic E-state index is -0.389. The van der Waals surface area contributed by atoms with Crippen LogP contribution in [0.3, 0.4) is 0 Å². The Labute approximate surface area is 121 Å². The summed E-state index contributed by atoms with van der Waals surface area (Å²) in [6, 6.07) is 8.45. The van der Waals surface area contributed by atoms with E-state index in [1.54, 1.807) is 0 Å². The van der Waals surface area contributed by atoms with Gasteiger partial charge < -0.3 is 11.1 Å². The SMILES string of the molecule is Cc1ccccc1CC(C)NC(=O)C1(C)CCCC1N. The third-order valence-electron chi connectivity index (χ3n) is 4.71. The van der Waals surface area contributed by atoms with E-state index in [2.05, 4.69) is 31.3 Å². The molecular weight excluding hydrogens is 248 g/mol. The summed E-state index contributed by atoms with van der Waals surface area (Å²) in [4.78, 5) is 12.5. The van der Waals surface area contributed by atoms with Gasteiger partial charge in [0, 0.05) is 12.1 Å². The number of aryl methyl sites for hydroxylation is 1. The van der Waals surface area contributed by atoms with Gasteiger partial charge in [0.15, 0.2) is 0 Å². The highest BCUT2D eigenvalue weighted by atomic mass is 16.2. The minimum Gasteiger partial charge on any atom is -0.353 e. The predicted octanol–water partition coefficient (Wildman–Crippen LogP) is 2.56. The van der Waals surface area contributed by atoms with Crippen LogP contribution in [0.1, 0.15) is 44.2 Å². The molecule has 1 aliphatic carbocycles. The van der Waals surface area contributed by atoms with Crippen LogP contribution in [0.4, 0.5) is 0 Å². The Morgan fingerprint density at radius 2 is 2.20 bits per heavy atom. The highest BCUT2D eigenvalue weighted by Crippen LogP contribution is 2.36. The second-order valence-electron chi connectivity index (χ2n) is 6.42. The molecule has 1 aromatic carbocycles. The van der Waals surface area contributed by atoms with E-state index in [4.69, 9.17) is 5.73 Å². The van der Waals surface area contributed by atoms with E-state index in [9.17, 15) is 4.79 Å². The van der Waals surface area contributed by atoms with Crippen molar-refractivity contribution in [2.75, 3.05) is 0 Å². The first-order valence-electron chi connectivity index (χ1n) is 7.54. The number of amides is 1. The van der Waals surface area contributed by atoms with E-state index in [1.165, 1.54) is 11.1 Å². The van der Waals surface area contributed by atoms with Crippen LogP contribution in [0.15, 0.2) is 24.3 Å². The van der Waals surface area contributed by atoms with Gasteiger partial charge in [0.25, 0.3) is 0 Å². The third-order valence-corrected chi connectivity index (χ3v) is 4.71. The molecule has 1 saturated carbocycles. The number of nitrogens with two attached hydrogens (primary N) is 1. The summed E-state index contributed by atoms with van der Waals surface area (Å²) in [5.74, 6) is 0.114. The van der Waals surface area contributed by atoms with E-state index < -0.39 is 0 Å². The van der Waals surface area contributed by atoms with Crippen LogP contribution in [0, 0.1) is 12.3 Å². The van der Waals surface area contributed by atoms with Gasteiger partial charge in [-0.2, -0.15) is 0 Å². The second-order valence-corrected chi connectivity index (χ2v) is 6.42. The minimum absolute atomic E-state index is 0.00633. The summed E-state index contributed by atoms with van der Waals surface area (Å²) in [5.41, 5.74) is 8.28. The molecule has 2 rings (SSSR count). The summed E-state index contributed by atoms with van der Waals surface area (Å²) in [6.07, 6.45) is 3.77. The van der Waals surface area contributed by atoms with Crippen molar-refractivity contribution in [1.29, 1.82) is 0 Å². The molecule has 110 valence electrons. The van der Waals surface area contributed by atoms with Gasteiger partial charge in [-0.15, -0.1) is 0 Å². The van der Waals surface area contributed by atoms with Gasteiger partial charge in [-0.1, -0.05) is 30.7 Å². The van der Waals surface area contributed by atoms with E-state index in [-0.39, 0.29) is 23.4 Å². The van der Waals surface area contributed by atoms with Gasteiger partial charge >= 0.3 is 0 Å². The predicted molar refractivity (Wildman–Crippen MR) is 82.4 cm³/mol. The summed E-state index contributed by atoms with van der Waals surface area (Å²) >= 11 is 0. The Hall–Kier alpha value is -1.35. The molecule has 0 spiro atoms. The number of nitrogens with one attached hydrogen (secondary N) is 1. The van der Waals surface area contributed by atoms with Crippen molar-refractivity contribution in [3.05, 3.63) is 35.4 Å². The molecule has 1 fully saturated rings. The largest absolute Gasteiger partial charge is 0.353 e. The van der Waals surface area contributed by atoms with Gasteiger partial charge in [0.1, 0.15) is 0 Å². The van der Waals surface area contributed by atoms with Gasteiger partial charge in [-0.3, -0.25) is 4.79 Å². The zero-order valence-electron chi connectivity index (χ0n) is 12.8. The molecule has 3 atom stereocenters. The third kappa shape index (κ3) is 3.04. The molecule has 0 aliphatic heterocycles. The summed E-state index contributed by atoms with van der Waals surface area (Å²) in [7, 11) is 0. The number of carbonyl (C=O) groups is 1. The van der Waals surface area contributed by atoms with Crippen LogP contribution in [0.5, 0.6) is 0 Å². The van der Waals surface area contributed by atoms with Gasteiger partial charge in [0.2, 0.25) is 5.91 Å². The Balaban J connectivity index is 1.96. The molecule has 1 amide bonds. The summed E-state index contributed by atoms with van der Waals surface area (Å²) in [5, 5.41) is 3.15. The fourth-order valence-corrected chi connectivity index (χ4v) is 3.08.